The first-order chi connectivity index (χ1) is 15.0. The van der Waals surface area contributed by atoms with Gasteiger partial charge >= 0.3 is 0 Å². The average molecular weight is 435 g/mol. The number of anilines is 1. The van der Waals surface area contributed by atoms with Crippen molar-refractivity contribution in [2.75, 3.05) is 11.1 Å². The number of aromatic hydroxyl groups is 1. The molecule has 0 fully saturated rings. The Morgan fingerprint density at radius 1 is 1.06 bits per heavy atom. The molecule has 0 aliphatic heterocycles. The van der Waals surface area contributed by atoms with Crippen molar-refractivity contribution >= 4 is 23.4 Å². The van der Waals surface area contributed by atoms with Gasteiger partial charge in [-0.25, -0.2) is 0 Å². The Balaban J connectivity index is 1.54. The Hall–Kier alpha value is -3.52. The van der Waals surface area contributed by atoms with E-state index < -0.39 is 0 Å². The summed E-state index contributed by atoms with van der Waals surface area (Å²) < 4.78 is 7.40. The largest absolute Gasteiger partial charge is 0.508 e. The molecule has 31 heavy (non-hydrogen) atoms. The van der Waals surface area contributed by atoms with Gasteiger partial charge in [-0.1, -0.05) is 30.0 Å². The van der Waals surface area contributed by atoms with E-state index in [1.165, 1.54) is 11.8 Å². The fourth-order valence-corrected chi connectivity index (χ4v) is 3.98. The van der Waals surface area contributed by atoms with Crippen molar-refractivity contribution in [1.82, 2.24) is 14.8 Å². The van der Waals surface area contributed by atoms with E-state index in [0.717, 1.165) is 28.1 Å². The van der Waals surface area contributed by atoms with E-state index in [4.69, 9.17) is 4.42 Å². The Labute approximate surface area is 184 Å². The highest BCUT2D eigenvalue weighted by atomic mass is 32.2. The zero-order valence-corrected chi connectivity index (χ0v) is 18.0. The van der Waals surface area contributed by atoms with Crippen molar-refractivity contribution in [3.05, 3.63) is 77.7 Å². The van der Waals surface area contributed by atoms with Crippen LogP contribution in [0.5, 0.6) is 5.75 Å². The smallest absolute Gasteiger partial charge is 0.234 e. The number of thioether (sulfide) groups is 1. The highest BCUT2D eigenvalue weighted by Crippen LogP contribution is 2.27. The summed E-state index contributed by atoms with van der Waals surface area (Å²) in [4.78, 5) is 12.6. The Morgan fingerprint density at radius 3 is 2.48 bits per heavy atom. The van der Waals surface area contributed by atoms with Crippen molar-refractivity contribution < 1.29 is 14.3 Å². The van der Waals surface area contributed by atoms with E-state index in [2.05, 4.69) is 15.5 Å². The second-order valence-corrected chi connectivity index (χ2v) is 8.06. The molecule has 2 N–H and O–H groups in total. The molecule has 4 rings (SSSR count). The topological polar surface area (TPSA) is 93.2 Å². The van der Waals surface area contributed by atoms with E-state index in [1.807, 2.05) is 48.7 Å². The highest BCUT2D eigenvalue weighted by molar-refractivity contribution is 7.99. The first kappa shape index (κ1) is 20.7. The lowest BCUT2D eigenvalue weighted by Gasteiger charge is -2.12. The summed E-state index contributed by atoms with van der Waals surface area (Å²) >= 11 is 1.31. The van der Waals surface area contributed by atoms with Crippen LogP contribution in [0.1, 0.15) is 16.9 Å². The van der Waals surface area contributed by atoms with Crippen LogP contribution < -0.4 is 5.32 Å². The number of phenolic OH excluding ortho intramolecular Hbond substituents is 1. The van der Waals surface area contributed by atoms with Gasteiger partial charge in [0.25, 0.3) is 0 Å². The van der Waals surface area contributed by atoms with Crippen molar-refractivity contribution in [2.24, 2.45) is 0 Å². The van der Waals surface area contributed by atoms with Crippen LogP contribution in [0.4, 0.5) is 5.69 Å². The highest BCUT2D eigenvalue weighted by Gasteiger charge is 2.17. The zero-order chi connectivity index (χ0) is 21.8. The summed E-state index contributed by atoms with van der Waals surface area (Å²) in [6.45, 7) is 4.37. The maximum atomic E-state index is 12.6. The van der Waals surface area contributed by atoms with Gasteiger partial charge in [0.2, 0.25) is 5.91 Å². The molecule has 1 amide bonds. The first-order valence-electron chi connectivity index (χ1n) is 9.75. The molecule has 0 spiro atoms. The molecule has 0 saturated heterocycles. The minimum atomic E-state index is -0.110. The van der Waals surface area contributed by atoms with Crippen LogP contribution >= 0.6 is 11.8 Å². The number of carbonyl (C=O) groups excluding carboxylic acids is 1. The zero-order valence-electron chi connectivity index (χ0n) is 17.2. The minimum absolute atomic E-state index is 0.110. The molecule has 2 aromatic carbocycles. The molecule has 0 unspecified atom stereocenters. The van der Waals surface area contributed by atoms with Crippen molar-refractivity contribution in [1.29, 1.82) is 0 Å². The number of hydrogen-bond acceptors (Lipinski definition) is 6. The fourth-order valence-electron chi connectivity index (χ4n) is 3.24. The molecule has 158 valence electrons. The number of furan rings is 1. The van der Waals surface area contributed by atoms with E-state index in [1.54, 1.807) is 30.5 Å². The van der Waals surface area contributed by atoms with Gasteiger partial charge in [0.15, 0.2) is 11.0 Å². The van der Waals surface area contributed by atoms with Gasteiger partial charge in [0.1, 0.15) is 11.5 Å². The van der Waals surface area contributed by atoms with E-state index in [9.17, 15) is 9.90 Å². The van der Waals surface area contributed by atoms with Gasteiger partial charge in [-0.3, -0.25) is 9.36 Å². The fraction of sp³-hybridized carbons (Fsp3) is 0.174. The molecule has 7 nitrogen and oxygen atoms in total. The summed E-state index contributed by atoms with van der Waals surface area (Å²) in [6, 6.07) is 16.4. The van der Waals surface area contributed by atoms with Crippen molar-refractivity contribution in [3.8, 4) is 17.1 Å². The lowest BCUT2D eigenvalue weighted by atomic mass is 10.1. The van der Waals surface area contributed by atoms with Crippen LogP contribution in [0.25, 0.3) is 11.4 Å². The standard InChI is InChI=1S/C23H22N4O3S/c1-15-5-3-6-16(2)21(15)24-20(29)14-31-23-26-25-22(17-8-10-18(28)11-9-17)27(23)13-19-7-4-12-30-19/h3-12,28H,13-14H2,1-2H3,(H,24,29). The maximum Gasteiger partial charge on any atom is 0.234 e. The predicted octanol–water partition coefficient (Wildman–Crippen LogP) is 4.64. The monoisotopic (exact) mass is 434 g/mol. The summed E-state index contributed by atoms with van der Waals surface area (Å²) in [7, 11) is 0. The molecular formula is C23H22N4O3S. The van der Waals surface area contributed by atoms with Crippen molar-refractivity contribution in [2.45, 2.75) is 25.5 Å². The molecular weight excluding hydrogens is 412 g/mol. The molecule has 2 aromatic heterocycles. The summed E-state index contributed by atoms with van der Waals surface area (Å²) in [5, 5.41) is 21.8. The van der Waals surface area contributed by atoms with Gasteiger partial charge in [-0.05, 0) is 61.4 Å². The summed E-state index contributed by atoms with van der Waals surface area (Å²) in [5.41, 5.74) is 3.70. The third-order valence-electron chi connectivity index (χ3n) is 4.81. The minimum Gasteiger partial charge on any atom is -0.508 e. The average Bonchev–Trinajstić information content (AvgIpc) is 3.41. The number of phenols is 1. The predicted molar refractivity (Wildman–Crippen MR) is 120 cm³/mol. The van der Waals surface area contributed by atoms with Crippen LogP contribution in [0.3, 0.4) is 0 Å². The second-order valence-electron chi connectivity index (χ2n) is 7.12. The number of rotatable bonds is 7. The molecule has 4 aromatic rings. The molecule has 8 heteroatoms. The lowest BCUT2D eigenvalue weighted by Crippen LogP contribution is -2.16. The van der Waals surface area contributed by atoms with Crippen molar-refractivity contribution in [3.63, 3.8) is 0 Å². The van der Waals surface area contributed by atoms with Gasteiger partial charge in [0, 0.05) is 11.3 Å². The molecule has 0 aliphatic rings. The number of benzene rings is 2. The summed E-state index contributed by atoms with van der Waals surface area (Å²) in [5.74, 6) is 1.65. The first-order valence-corrected chi connectivity index (χ1v) is 10.7. The Bertz CT molecular complexity index is 1160. The van der Waals surface area contributed by atoms with Crippen LogP contribution in [0.2, 0.25) is 0 Å². The SMILES string of the molecule is Cc1cccc(C)c1NC(=O)CSc1nnc(-c2ccc(O)cc2)n1Cc1ccco1. The molecule has 0 radical (unpaired) electrons. The number of aryl methyl sites for hydroxylation is 2. The normalized spacial score (nSPS) is 10.9. The van der Waals surface area contributed by atoms with Gasteiger partial charge in [0.05, 0.1) is 18.6 Å². The maximum absolute atomic E-state index is 12.6. The molecule has 0 atom stereocenters. The number of carbonyl (C=O) groups is 1. The van der Waals surface area contributed by atoms with Crippen LogP contribution in [0.15, 0.2) is 70.4 Å². The van der Waals surface area contributed by atoms with Crippen LogP contribution in [0, 0.1) is 13.8 Å². The quantitative estimate of drug-likeness (QED) is 0.412. The number of nitrogens with zero attached hydrogens (tertiary/aromatic N) is 3. The summed E-state index contributed by atoms with van der Waals surface area (Å²) in [6.07, 6.45) is 1.62. The third kappa shape index (κ3) is 4.80. The third-order valence-corrected chi connectivity index (χ3v) is 5.78. The number of amides is 1. The number of para-hydroxylation sites is 1. The molecule has 0 bridgehead atoms. The van der Waals surface area contributed by atoms with Crippen LogP contribution in [-0.2, 0) is 11.3 Å². The van der Waals surface area contributed by atoms with Gasteiger partial charge in [-0.2, -0.15) is 0 Å². The molecule has 0 saturated carbocycles. The van der Waals surface area contributed by atoms with E-state index in [0.29, 0.717) is 17.5 Å². The van der Waals surface area contributed by atoms with E-state index >= 15 is 0 Å². The van der Waals surface area contributed by atoms with E-state index in [-0.39, 0.29) is 17.4 Å². The number of hydrogen-bond donors (Lipinski definition) is 2. The molecule has 0 aliphatic carbocycles. The number of nitrogens with one attached hydrogen (secondary N) is 1. The molecule has 2 heterocycles. The number of aromatic nitrogens is 3. The second kappa shape index (κ2) is 9.09. The lowest BCUT2D eigenvalue weighted by molar-refractivity contribution is -0.113. The van der Waals surface area contributed by atoms with Crippen LogP contribution in [-0.4, -0.2) is 31.5 Å². The Kier molecular flexibility index (Phi) is 6.08. The van der Waals surface area contributed by atoms with Gasteiger partial charge in [-0.15, -0.1) is 10.2 Å². The van der Waals surface area contributed by atoms with Gasteiger partial charge < -0.3 is 14.8 Å². The Morgan fingerprint density at radius 2 is 1.81 bits per heavy atom.